The molecule has 2 aromatic rings. The molecule has 1 atom stereocenters. The molecule has 1 unspecified atom stereocenters. The molecule has 0 fully saturated rings. The predicted molar refractivity (Wildman–Crippen MR) is 81.1 cm³/mol. The highest BCUT2D eigenvalue weighted by atomic mass is 79.9. The molecule has 1 aromatic heterocycles. The molecule has 2 rings (SSSR count). The molecule has 0 aliphatic carbocycles. The topological polar surface area (TPSA) is 24.9 Å². The Balaban J connectivity index is 2.18. The highest BCUT2D eigenvalue weighted by Gasteiger charge is 2.14. The largest absolute Gasteiger partial charge is 0.309 e. The molecule has 0 saturated heterocycles. The number of hydrogen-bond donors (Lipinski definition) is 1. The minimum absolute atomic E-state index is 0.173. The van der Waals surface area contributed by atoms with E-state index in [1.54, 1.807) is 11.3 Å². The molecule has 0 aliphatic heterocycles. The first-order valence-electron chi connectivity index (χ1n) is 6.19. The van der Waals surface area contributed by atoms with Crippen LogP contribution in [0.1, 0.15) is 29.2 Å². The molecule has 102 valence electrons. The van der Waals surface area contributed by atoms with Crippen molar-refractivity contribution in [2.45, 2.75) is 26.3 Å². The zero-order valence-corrected chi connectivity index (χ0v) is 13.3. The van der Waals surface area contributed by atoms with Gasteiger partial charge in [-0.1, -0.05) is 13.0 Å². The predicted octanol–water partition coefficient (Wildman–Crippen LogP) is 4.25. The van der Waals surface area contributed by atoms with Crippen molar-refractivity contribution in [2.75, 3.05) is 6.54 Å². The number of aromatic nitrogens is 1. The van der Waals surface area contributed by atoms with Gasteiger partial charge < -0.3 is 5.32 Å². The number of thiazole rings is 1. The molecule has 1 heterocycles. The molecule has 2 nitrogen and oxygen atoms in total. The van der Waals surface area contributed by atoms with Crippen molar-refractivity contribution in [3.8, 4) is 0 Å². The number of likely N-dealkylation sites (N-methyl/N-ethyl adjacent to an activating group) is 1. The second kappa shape index (κ2) is 6.59. The Morgan fingerprint density at radius 2 is 2.26 bits per heavy atom. The summed E-state index contributed by atoms with van der Waals surface area (Å²) in [6, 6.07) is 5.32. The fourth-order valence-electron chi connectivity index (χ4n) is 1.97. The van der Waals surface area contributed by atoms with Crippen LogP contribution < -0.4 is 5.32 Å². The lowest BCUT2D eigenvalue weighted by molar-refractivity contribution is 0.537. The van der Waals surface area contributed by atoms with Crippen LogP contribution in [-0.2, 0) is 6.42 Å². The van der Waals surface area contributed by atoms with Crippen molar-refractivity contribution in [2.24, 2.45) is 0 Å². The Hall–Kier alpha value is -0.780. The van der Waals surface area contributed by atoms with Crippen LogP contribution >= 0.6 is 27.3 Å². The normalized spacial score (nSPS) is 12.6. The second-order valence-corrected chi connectivity index (χ2v) is 6.27. The van der Waals surface area contributed by atoms with Gasteiger partial charge in [-0.2, -0.15) is 0 Å². The smallest absolute Gasteiger partial charge is 0.137 e. The van der Waals surface area contributed by atoms with Gasteiger partial charge in [0.05, 0.1) is 21.2 Å². The highest BCUT2D eigenvalue weighted by molar-refractivity contribution is 9.10. The van der Waals surface area contributed by atoms with Gasteiger partial charge in [0, 0.05) is 5.38 Å². The van der Waals surface area contributed by atoms with E-state index < -0.39 is 0 Å². The fourth-order valence-corrected chi connectivity index (χ4v) is 3.06. The molecule has 0 amide bonds. The number of aryl methyl sites for hydroxylation is 1. The highest BCUT2D eigenvalue weighted by Crippen LogP contribution is 2.23. The summed E-state index contributed by atoms with van der Waals surface area (Å²) >= 11 is 4.88. The van der Waals surface area contributed by atoms with E-state index in [4.69, 9.17) is 0 Å². The quantitative estimate of drug-likeness (QED) is 0.878. The lowest BCUT2D eigenvalue weighted by Crippen LogP contribution is -2.23. The monoisotopic (exact) mass is 342 g/mol. The van der Waals surface area contributed by atoms with Gasteiger partial charge in [-0.3, -0.25) is 0 Å². The van der Waals surface area contributed by atoms with Crippen LogP contribution in [-0.4, -0.2) is 11.5 Å². The SMILES string of the molecule is CCNC(Cc1ccc(F)c(Br)c1)c1csc(C)n1. The van der Waals surface area contributed by atoms with Crippen LogP contribution in [0.3, 0.4) is 0 Å². The minimum atomic E-state index is -0.228. The molecule has 0 radical (unpaired) electrons. The fraction of sp³-hybridized carbons (Fsp3) is 0.357. The van der Waals surface area contributed by atoms with Gasteiger partial charge >= 0.3 is 0 Å². The molecular formula is C14H16BrFN2S. The van der Waals surface area contributed by atoms with E-state index in [0.717, 1.165) is 29.2 Å². The van der Waals surface area contributed by atoms with E-state index in [2.05, 4.69) is 38.5 Å². The number of benzene rings is 1. The summed E-state index contributed by atoms with van der Waals surface area (Å²) in [5.74, 6) is -0.228. The third kappa shape index (κ3) is 3.84. The lowest BCUT2D eigenvalue weighted by atomic mass is 10.0. The Labute approximate surface area is 125 Å². The Bertz CT molecular complexity index is 556. The van der Waals surface area contributed by atoms with Crippen molar-refractivity contribution < 1.29 is 4.39 Å². The Kier molecular flexibility index (Phi) is 5.07. The first-order chi connectivity index (χ1) is 9.10. The number of rotatable bonds is 5. The van der Waals surface area contributed by atoms with Crippen molar-refractivity contribution in [3.63, 3.8) is 0 Å². The van der Waals surface area contributed by atoms with E-state index in [9.17, 15) is 4.39 Å². The van der Waals surface area contributed by atoms with E-state index in [1.165, 1.54) is 6.07 Å². The summed E-state index contributed by atoms with van der Waals surface area (Å²) in [5.41, 5.74) is 2.15. The minimum Gasteiger partial charge on any atom is -0.309 e. The van der Waals surface area contributed by atoms with E-state index in [1.807, 2.05) is 19.1 Å². The van der Waals surface area contributed by atoms with Crippen LogP contribution in [0.4, 0.5) is 4.39 Å². The molecule has 0 spiro atoms. The molecule has 0 bridgehead atoms. The maximum Gasteiger partial charge on any atom is 0.137 e. The summed E-state index contributed by atoms with van der Waals surface area (Å²) in [4.78, 5) is 4.54. The van der Waals surface area contributed by atoms with Gasteiger partial charge in [-0.05, 0) is 53.5 Å². The lowest BCUT2D eigenvalue weighted by Gasteiger charge is -2.16. The number of halogens is 2. The summed E-state index contributed by atoms with van der Waals surface area (Å²) < 4.78 is 13.7. The van der Waals surface area contributed by atoms with Crippen molar-refractivity contribution in [3.05, 3.63) is 50.1 Å². The maximum absolute atomic E-state index is 13.2. The van der Waals surface area contributed by atoms with Crippen LogP contribution in [0.15, 0.2) is 28.1 Å². The molecule has 19 heavy (non-hydrogen) atoms. The zero-order valence-electron chi connectivity index (χ0n) is 10.9. The van der Waals surface area contributed by atoms with E-state index in [-0.39, 0.29) is 11.9 Å². The second-order valence-electron chi connectivity index (χ2n) is 4.35. The zero-order chi connectivity index (χ0) is 13.8. The van der Waals surface area contributed by atoms with Gasteiger partial charge in [0.25, 0.3) is 0 Å². The average Bonchev–Trinajstić information content (AvgIpc) is 2.80. The van der Waals surface area contributed by atoms with Gasteiger partial charge in [0.2, 0.25) is 0 Å². The Morgan fingerprint density at radius 1 is 1.47 bits per heavy atom. The first kappa shape index (κ1) is 14.6. The molecule has 5 heteroatoms. The number of nitrogens with one attached hydrogen (secondary N) is 1. The third-order valence-electron chi connectivity index (χ3n) is 2.87. The molecule has 0 aliphatic rings. The van der Waals surface area contributed by atoms with Crippen LogP contribution in [0.5, 0.6) is 0 Å². The number of nitrogens with zero attached hydrogens (tertiary/aromatic N) is 1. The third-order valence-corrected chi connectivity index (χ3v) is 4.27. The van der Waals surface area contributed by atoms with Gasteiger partial charge in [0.15, 0.2) is 0 Å². The summed E-state index contributed by atoms with van der Waals surface area (Å²) in [6.07, 6.45) is 0.801. The molecule has 1 N–H and O–H groups in total. The Morgan fingerprint density at radius 3 is 2.84 bits per heavy atom. The molecular weight excluding hydrogens is 327 g/mol. The first-order valence-corrected chi connectivity index (χ1v) is 7.86. The van der Waals surface area contributed by atoms with Gasteiger partial charge in [-0.25, -0.2) is 9.37 Å². The summed E-state index contributed by atoms with van der Waals surface area (Å²) in [7, 11) is 0. The summed E-state index contributed by atoms with van der Waals surface area (Å²) in [6.45, 7) is 4.96. The van der Waals surface area contributed by atoms with Crippen molar-refractivity contribution >= 4 is 27.3 Å². The van der Waals surface area contributed by atoms with E-state index in [0.29, 0.717) is 4.47 Å². The standard InChI is InChI=1S/C14H16BrFN2S/c1-3-17-13(14-8-19-9(2)18-14)7-10-4-5-12(16)11(15)6-10/h4-6,8,13,17H,3,7H2,1-2H3. The van der Waals surface area contributed by atoms with Crippen molar-refractivity contribution in [1.82, 2.24) is 10.3 Å². The van der Waals surface area contributed by atoms with Gasteiger partial charge in [-0.15, -0.1) is 11.3 Å². The van der Waals surface area contributed by atoms with E-state index >= 15 is 0 Å². The summed E-state index contributed by atoms with van der Waals surface area (Å²) in [5, 5.41) is 6.58. The number of hydrogen-bond acceptors (Lipinski definition) is 3. The molecule has 0 saturated carbocycles. The van der Waals surface area contributed by atoms with Crippen LogP contribution in [0, 0.1) is 12.7 Å². The maximum atomic E-state index is 13.2. The van der Waals surface area contributed by atoms with Crippen molar-refractivity contribution in [1.29, 1.82) is 0 Å². The average molecular weight is 343 g/mol. The van der Waals surface area contributed by atoms with Crippen LogP contribution in [0.25, 0.3) is 0 Å². The van der Waals surface area contributed by atoms with Gasteiger partial charge in [0.1, 0.15) is 5.82 Å². The van der Waals surface area contributed by atoms with Crippen LogP contribution in [0.2, 0.25) is 0 Å². The molecule has 1 aromatic carbocycles.